The molecule has 4 rings (SSSR count). The molecule has 0 saturated heterocycles. The summed E-state index contributed by atoms with van der Waals surface area (Å²) in [5, 5.41) is 5.94. The van der Waals surface area contributed by atoms with Crippen molar-refractivity contribution in [3.05, 3.63) is 87.2 Å². The first-order chi connectivity index (χ1) is 13.6. The van der Waals surface area contributed by atoms with Gasteiger partial charge in [0.1, 0.15) is 11.4 Å². The SMILES string of the molecule is O=C(Cn1cnc2scc(-c3ccccc3)c2c1=O)NCc1ccc(Cl)cc1. The fraction of sp³-hybridized carbons (Fsp3) is 0.0952. The molecule has 0 aliphatic carbocycles. The van der Waals surface area contributed by atoms with E-state index in [-0.39, 0.29) is 18.0 Å². The lowest BCUT2D eigenvalue weighted by molar-refractivity contribution is -0.121. The zero-order valence-corrected chi connectivity index (χ0v) is 16.3. The van der Waals surface area contributed by atoms with E-state index < -0.39 is 0 Å². The van der Waals surface area contributed by atoms with E-state index in [9.17, 15) is 9.59 Å². The molecular weight excluding hydrogens is 394 g/mol. The molecule has 5 nitrogen and oxygen atoms in total. The highest BCUT2D eigenvalue weighted by atomic mass is 35.5. The number of aromatic nitrogens is 2. The number of thiophene rings is 1. The van der Waals surface area contributed by atoms with Crippen LogP contribution in [0.4, 0.5) is 0 Å². The van der Waals surface area contributed by atoms with Crippen LogP contribution >= 0.6 is 22.9 Å². The number of amides is 1. The first-order valence-corrected chi connectivity index (χ1v) is 9.91. The molecule has 0 radical (unpaired) electrons. The fourth-order valence-electron chi connectivity index (χ4n) is 2.92. The minimum absolute atomic E-state index is 0.0839. The molecule has 1 amide bonds. The Kier molecular flexibility index (Phi) is 5.23. The largest absolute Gasteiger partial charge is 0.350 e. The van der Waals surface area contributed by atoms with Crippen molar-refractivity contribution in [1.29, 1.82) is 0 Å². The third-order valence-electron chi connectivity index (χ3n) is 4.36. The van der Waals surface area contributed by atoms with E-state index in [1.807, 2.05) is 47.8 Å². The maximum Gasteiger partial charge on any atom is 0.263 e. The van der Waals surface area contributed by atoms with Crippen molar-refractivity contribution in [2.24, 2.45) is 0 Å². The highest BCUT2D eigenvalue weighted by Gasteiger charge is 2.14. The average molecular weight is 410 g/mol. The normalized spacial score (nSPS) is 10.9. The molecule has 0 aliphatic rings. The Morgan fingerprint density at radius 1 is 1.11 bits per heavy atom. The van der Waals surface area contributed by atoms with Crippen LogP contribution < -0.4 is 10.9 Å². The predicted octanol–water partition coefficient (Wildman–Crippen LogP) is 4.09. The summed E-state index contributed by atoms with van der Waals surface area (Å²) in [5.74, 6) is -0.255. The topological polar surface area (TPSA) is 64.0 Å². The standard InChI is InChI=1S/C21H16ClN3O2S/c22-16-8-6-14(7-9-16)10-23-18(26)11-25-13-24-20-19(21(25)27)17(12-28-20)15-4-2-1-3-5-15/h1-9,12-13H,10-11H2,(H,23,26). The average Bonchev–Trinajstić information content (AvgIpc) is 3.15. The first-order valence-electron chi connectivity index (χ1n) is 8.65. The van der Waals surface area contributed by atoms with Crippen molar-refractivity contribution in [3.8, 4) is 11.1 Å². The number of hydrogen-bond donors (Lipinski definition) is 1. The molecule has 28 heavy (non-hydrogen) atoms. The highest BCUT2D eigenvalue weighted by molar-refractivity contribution is 7.17. The van der Waals surface area contributed by atoms with Gasteiger partial charge >= 0.3 is 0 Å². The number of nitrogens with one attached hydrogen (secondary N) is 1. The van der Waals surface area contributed by atoms with Crippen molar-refractivity contribution < 1.29 is 4.79 Å². The molecule has 2 aromatic carbocycles. The van der Waals surface area contributed by atoms with E-state index in [2.05, 4.69) is 10.3 Å². The van der Waals surface area contributed by atoms with Gasteiger partial charge in [-0.15, -0.1) is 11.3 Å². The predicted molar refractivity (Wildman–Crippen MR) is 113 cm³/mol. The number of fused-ring (bicyclic) bond motifs is 1. The summed E-state index contributed by atoms with van der Waals surface area (Å²) in [6.45, 7) is 0.285. The molecule has 1 N–H and O–H groups in total. The summed E-state index contributed by atoms with van der Waals surface area (Å²) in [5.41, 5.74) is 2.52. The fourth-order valence-corrected chi connectivity index (χ4v) is 3.96. The second-order valence-electron chi connectivity index (χ2n) is 6.28. The Bertz CT molecular complexity index is 1180. The van der Waals surface area contributed by atoms with Gasteiger partial charge in [-0.05, 0) is 23.3 Å². The van der Waals surface area contributed by atoms with Crippen molar-refractivity contribution in [3.63, 3.8) is 0 Å². The lowest BCUT2D eigenvalue weighted by atomic mass is 10.1. The lowest BCUT2D eigenvalue weighted by Crippen LogP contribution is -2.32. The van der Waals surface area contributed by atoms with E-state index in [1.165, 1.54) is 22.2 Å². The van der Waals surface area contributed by atoms with E-state index in [0.717, 1.165) is 16.7 Å². The molecule has 0 aliphatic heterocycles. The number of halogens is 1. The Labute approximate surface area is 170 Å². The molecule has 0 saturated carbocycles. The monoisotopic (exact) mass is 409 g/mol. The number of hydrogen-bond acceptors (Lipinski definition) is 4. The number of rotatable bonds is 5. The molecule has 2 heterocycles. The van der Waals surface area contributed by atoms with Gasteiger partial charge in [0.2, 0.25) is 5.91 Å². The van der Waals surface area contributed by atoms with Gasteiger partial charge in [0.15, 0.2) is 0 Å². The minimum Gasteiger partial charge on any atom is -0.350 e. The molecule has 2 aromatic heterocycles. The van der Waals surface area contributed by atoms with E-state index >= 15 is 0 Å². The zero-order chi connectivity index (χ0) is 19.5. The van der Waals surface area contributed by atoms with Crippen LogP contribution in [0.5, 0.6) is 0 Å². The van der Waals surface area contributed by atoms with Crippen LogP contribution in [0.3, 0.4) is 0 Å². The maximum absolute atomic E-state index is 13.0. The minimum atomic E-state index is -0.255. The Morgan fingerprint density at radius 2 is 1.86 bits per heavy atom. The van der Waals surface area contributed by atoms with Crippen molar-refractivity contribution >= 4 is 39.1 Å². The summed E-state index contributed by atoms with van der Waals surface area (Å²) in [4.78, 5) is 30.3. The third kappa shape index (κ3) is 3.83. The third-order valence-corrected chi connectivity index (χ3v) is 5.50. The summed E-state index contributed by atoms with van der Waals surface area (Å²) in [6, 6.07) is 16.9. The van der Waals surface area contributed by atoms with Crippen molar-refractivity contribution in [2.75, 3.05) is 0 Å². The van der Waals surface area contributed by atoms with Gasteiger partial charge in [-0.2, -0.15) is 0 Å². The van der Waals surface area contributed by atoms with Crippen LogP contribution in [0.25, 0.3) is 21.3 Å². The molecule has 0 spiro atoms. The molecule has 0 bridgehead atoms. The van der Waals surface area contributed by atoms with Gasteiger partial charge < -0.3 is 5.32 Å². The Balaban J connectivity index is 1.55. The molecule has 140 valence electrons. The molecule has 0 fully saturated rings. The Hall–Kier alpha value is -2.96. The first kappa shape index (κ1) is 18.4. The van der Waals surface area contributed by atoms with Gasteiger partial charge in [0.05, 0.1) is 11.7 Å². The molecular formula is C21H16ClN3O2S. The second-order valence-corrected chi connectivity index (χ2v) is 7.57. The van der Waals surface area contributed by atoms with Gasteiger partial charge in [0, 0.05) is 22.5 Å². The number of carbonyl (C=O) groups is 1. The number of nitrogens with zero attached hydrogens (tertiary/aromatic N) is 2. The maximum atomic E-state index is 13.0. The van der Waals surface area contributed by atoms with E-state index in [4.69, 9.17) is 11.6 Å². The van der Waals surface area contributed by atoms with Crippen LogP contribution in [-0.4, -0.2) is 15.5 Å². The zero-order valence-electron chi connectivity index (χ0n) is 14.8. The van der Waals surface area contributed by atoms with Crippen LogP contribution in [0.2, 0.25) is 5.02 Å². The Morgan fingerprint density at radius 3 is 2.61 bits per heavy atom. The van der Waals surface area contributed by atoms with Gasteiger partial charge in [-0.3, -0.25) is 14.2 Å². The number of carbonyl (C=O) groups excluding carboxylic acids is 1. The van der Waals surface area contributed by atoms with E-state index in [0.29, 0.717) is 21.8 Å². The molecule has 0 atom stereocenters. The summed E-state index contributed by atoms with van der Waals surface area (Å²) >= 11 is 7.29. The van der Waals surface area contributed by atoms with Crippen LogP contribution in [0.15, 0.2) is 71.1 Å². The van der Waals surface area contributed by atoms with Gasteiger partial charge in [-0.25, -0.2) is 4.98 Å². The van der Waals surface area contributed by atoms with Gasteiger partial charge in [-0.1, -0.05) is 54.1 Å². The van der Waals surface area contributed by atoms with Gasteiger partial charge in [0.25, 0.3) is 5.56 Å². The smallest absolute Gasteiger partial charge is 0.263 e. The number of benzene rings is 2. The summed E-state index contributed by atoms with van der Waals surface area (Å²) in [7, 11) is 0. The summed E-state index contributed by atoms with van der Waals surface area (Å²) < 4.78 is 1.35. The summed E-state index contributed by atoms with van der Waals surface area (Å²) in [6.07, 6.45) is 1.43. The quantitative estimate of drug-likeness (QED) is 0.539. The van der Waals surface area contributed by atoms with E-state index in [1.54, 1.807) is 12.1 Å². The van der Waals surface area contributed by atoms with Crippen LogP contribution in [0, 0.1) is 0 Å². The molecule has 0 unspecified atom stereocenters. The highest BCUT2D eigenvalue weighted by Crippen LogP contribution is 2.30. The molecule has 7 heteroatoms. The molecule has 4 aromatic rings. The van der Waals surface area contributed by atoms with Crippen LogP contribution in [0.1, 0.15) is 5.56 Å². The van der Waals surface area contributed by atoms with Crippen molar-refractivity contribution in [2.45, 2.75) is 13.1 Å². The lowest BCUT2D eigenvalue weighted by Gasteiger charge is -2.08. The van der Waals surface area contributed by atoms with Crippen LogP contribution in [-0.2, 0) is 17.9 Å². The second kappa shape index (κ2) is 7.96. The van der Waals surface area contributed by atoms with Crippen molar-refractivity contribution in [1.82, 2.24) is 14.9 Å².